The highest BCUT2D eigenvalue weighted by Crippen LogP contribution is 2.73. The largest absolute Gasteiger partial charge is 0.445 e. The third-order valence-corrected chi connectivity index (χ3v) is 4.88. The van der Waals surface area contributed by atoms with Crippen molar-refractivity contribution in [3.05, 3.63) is 17.8 Å². The van der Waals surface area contributed by atoms with Gasteiger partial charge in [0.1, 0.15) is 5.76 Å². The van der Waals surface area contributed by atoms with E-state index in [1.165, 1.54) is 0 Å². The van der Waals surface area contributed by atoms with Crippen LogP contribution in [0.1, 0.15) is 45.3 Å². The maximum Gasteiger partial charge on any atom is 0.195 e. The number of aromatic nitrogens is 1. The Hall–Kier alpha value is -0.870. The van der Waals surface area contributed by atoms with Gasteiger partial charge in [-0.15, -0.1) is 0 Å². The van der Waals surface area contributed by atoms with Crippen molar-refractivity contribution in [3.8, 4) is 0 Å². The van der Waals surface area contributed by atoms with Crippen LogP contribution in [-0.4, -0.2) is 31.8 Å². The Kier molecular flexibility index (Phi) is 4.02. The van der Waals surface area contributed by atoms with E-state index in [1.54, 1.807) is 7.11 Å². The number of oxazole rings is 1. The van der Waals surface area contributed by atoms with E-state index in [4.69, 9.17) is 9.15 Å². The summed E-state index contributed by atoms with van der Waals surface area (Å²) >= 11 is 0. The molecule has 1 aliphatic carbocycles. The van der Waals surface area contributed by atoms with Crippen LogP contribution in [0.4, 0.5) is 0 Å². The molecule has 0 unspecified atom stereocenters. The van der Waals surface area contributed by atoms with Crippen molar-refractivity contribution in [2.45, 2.75) is 40.0 Å². The molecule has 0 saturated heterocycles. The van der Waals surface area contributed by atoms with Gasteiger partial charge in [0.25, 0.3) is 0 Å². The number of ether oxygens (including phenoxy) is 1. The molecule has 108 valence electrons. The number of hydrogen-bond acceptors (Lipinski definition) is 4. The Morgan fingerprint density at radius 3 is 2.53 bits per heavy atom. The zero-order chi connectivity index (χ0) is 14.1. The van der Waals surface area contributed by atoms with Gasteiger partial charge < -0.3 is 14.5 Å². The highest BCUT2D eigenvalue weighted by atomic mass is 16.5. The fourth-order valence-corrected chi connectivity index (χ4v) is 2.98. The van der Waals surface area contributed by atoms with Crippen molar-refractivity contribution in [3.63, 3.8) is 0 Å². The Balaban J connectivity index is 1.84. The van der Waals surface area contributed by atoms with Crippen LogP contribution in [0.2, 0.25) is 0 Å². The number of nitrogens with one attached hydrogen (secondary N) is 1. The molecule has 2 rings (SSSR count). The van der Waals surface area contributed by atoms with Gasteiger partial charge in [0.2, 0.25) is 0 Å². The molecule has 0 atom stereocenters. The Bertz CT molecular complexity index is 410. The monoisotopic (exact) mass is 266 g/mol. The van der Waals surface area contributed by atoms with Crippen LogP contribution >= 0.6 is 0 Å². The van der Waals surface area contributed by atoms with E-state index in [1.807, 2.05) is 6.20 Å². The molecule has 0 bridgehead atoms. The Morgan fingerprint density at radius 2 is 1.95 bits per heavy atom. The lowest BCUT2D eigenvalue weighted by Gasteiger charge is -2.03. The number of nitrogens with zero attached hydrogens (tertiary/aromatic N) is 1. The molecule has 0 radical (unpaired) electrons. The zero-order valence-corrected chi connectivity index (χ0v) is 12.7. The van der Waals surface area contributed by atoms with Gasteiger partial charge >= 0.3 is 0 Å². The first-order valence-corrected chi connectivity index (χ1v) is 7.05. The molecule has 1 N–H and O–H groups in total. The van der Waals surface area contributed by atoms with Crippen molar-refractivity contribution in [1.29, 1.82) is 0 Å². The molecule has 4 nitrogen and oxygen atoms in total. The number of hydrogen-bond donors (Lipinski definition) is 1. The van der Waals surface area contributed by atoms with E-state index in [2.05, 4.69) is 38.0 Å². The fraction of sp³-hybridized carbons (Fsp3) is 0.800. The van der Waals surface area contributed by atoms with Crippen molar-refractivity contribution in [1.82, 2.24) is 10.3 Å². The number of methoxy groups -OCH3 is 1. The van der Waals surface area contributed by atoms with E-state index >= 15 is 0 Å². The van der Waals surface area contributed by atoms with Crippen LogP contribution in [0, 0.1) is 10.8 Å². The first-order valence-electron chi connectivity index (χ1n) is 7.05. The lowest BCUT2D eigenvalue weighted by Crippen LogP contribution is -2.21. The molecule has 0 aromatic carbocycles. The lowest BCUT2D eigenvalue weighted by atomic mass is 10.0. The van der Waals surface area contributed by atoms with Crippen LogP contribution in [0.3, 0.4) is 0 Å². The molecule has 0 amide bonds. The van der Waals surface area contributed by atoms with Crippen LogP contribution in [-0.2, 0) is 11.2 Å². The predicted molar refractivity (Wildman–Crippen MR) is 75.3 cm³/mol. The molecule has 0 aliphatic heterocycles. The summed E-state index contributed by atoms with van der Waals surface area (Å²) in [6, 6.07) is 0. The predicted octanol–water partition coefficient (Wildman–Crippen LogP) is 2.60. The van der Waals surface area contributed by atoms with Crippen molar-refractivity contribution in [2.24, 2.45) is 10.8 Å². The van der Waals surface area contributed by atoms with Gasteiger partial charge in [0.15, 0.2) is 5.89 Å². The second kappa shape index (κ2) is 5.25. The summed E-state index contributed by atoms with van der Waals surface area (Å²) in [4.78, 5) is 4.39. The molecule has 1 saturated carbocycles. The first-order chi connectivity index (χ1) is 8.91. The molecule has 1 aromatic rings. The van der Waals surface area contributed by atoms with Gasteiger partial charge in [0, 0.05) is 32.5 Å². The first kappa shape index (κ1) is 14.5. The topological polar surface area (TPSA) is 47.3 Å². The highest BCUT2D eigenvalue weighted by molar-refractivity contribution is 5.27. The summed E-state index contributed by atoms with van der Waals surface area (Å²) in [6.07, 6.45) is 2.74. The van der Waals surface area contributed by atoms with E-state index in [0.29, 0.717) is 16.7 Å². The second-order valence-corrected chi connectivity index (χ2v) is 6.53. The highest BCUT2D eigenvalue weighted by Gasteiger charge is 2.66. The molecule has 1 aromatic heterocycles. The van der Waals surface area contributed by atoms with E-state index < -0.39 is 0 Å². The van der Waals surface area contributed by atoms with Gasteiger partial charge in [0.05, 0.1) is 12.8 Å². The summed E-state index contributed by atoms with van der Waals surface area (Å²) in [5.41, 5.74) is 0.612. The average Bonchev–Trinajstić information content (AvgIpc) is 2.69. The van der Waals surface area contributed by atoms with E-state index in [-0.39, 0.29) is 0 Å². The smallest absolute Gasteiger partial charge is 0.195 e. The average molecular weight is 266 g/mol. The summed E-state index contributed by atoms with van der Waals surface area (Å²) < 4.78 is 10.9. The fourth-order valence-electron chi connectivity index (χ4n) is 2.98. The maximum absolute atomic E-state index is 5.90. The van der Waals surface area contributed by atoms with Crippen molar-refractivity contribution < 1.29 is 9.15 Å². The van der Waals surface area contributed by atoms with Crippen LogP contribution in [0.5, 0.6) is 0 Å². The minimum absolute atomic E-state index is 0.306. The minimum Gasteiger partial charge on any atom is -0.445 e. The van der Waals surface area contributed by atoms with Crippen LogP contribution in [0.15, 0.2) is 10.6 Å². The summed E-state index contributed by atoms with van der Waals surface area (Å²) in [6.45, 7) is 11.7. The zero-order valence-electron chi connectivity index (χ0n) is 12.7. The SMILES string of the molecule is COCCNCCc1ncc(C2C(C)(C)C2(C)C)o1. The Morgan fingerprint density at radius 1 is 1.26 bits per heavy atom. The minimum atomic E-state index is 0.306. The molecule has 0 spiro atoms. The molecular formula is C15H26N2O2. The third-order valence-electron chi connectivity index (χ3n) is 4.88. The molecular weight excluding hydrogens is 240 g/mol. The standard InChI is InChI=1S/C15H26N2O2/c1-14(2)13(15(14,3)4)11-10-17-12(19-11)6-7-16-8-9-18-5/h10,13,16H,6-9H2,1-5H3. The molecule has 4 heteroatoms. The van der Waals surface area contributed by atoms with Gasteiger partial charge in [-0.3, -0.25) is 0 Å². The van der Waals surface area contributed by atoms with Gasteiger partial charge in [-0.2, -0.15) is 0 Å². The normalized spacial score (nSPS) is 20.7. The molecule has 1 fully saturated rings. The van der Waals surface area contributed by atoms with E-state index in [0.717, 1.165) is 37.8 Å². The van der Waals surface area contributed by atoms with Crippen LogP contribution < -0.4 is 5.32 Å². The number of rotatable bonds is 7. The van der Waals surface area contributed by atoms with Gasteiger partial charge in [-0.25, -0.2) is 4.98 Å². The van der Waals surface area contributed by atoms with Crippen molar-refractivity contribution >= 4 is 0 Å². The second-order valence-electron chi connectivity index (χ2n) is 6.53. The van der Waals surface area contributed by atoms with Gasteiger partial charge in [-0.05, 0) is 10.8 Å². The van der Waals surface area contributed by atoms with E-state index in [9.17, 15) is 0 Å². The quantitative estimate of drug-likeness (QED) is 0.771. The molecule has 1 heterocycles. The lowest BCUT2D eigenvalue weighted by molar-refractivity contribution is 0.199. The van der Waals surface area contributed by atoms with Crippen molar-refractivity contribution in [2.75, 3.05) is 26.8 Å². The van der Waals surface area contributed by atoms with Crippen LogP contribution in [0.25, 0.3) is 0 Å². The molecule has 1 aliphatic rings. The summed E-state index contributed by atoms with van der Waals surface area (Å²) in [5, 5.41) is 3.30. The van der Waals surface area contributed by atoms with Gasteiger partial charge in [-0.1, -0.05) is 27.7 Å². The third kappa shape index (κ3) is 2.70. The Labute approximate surface area is 115 Å². The molecule has 19 heavy (non-hydrogen) atoms. The summed E-state index contributed by atoms with van der Waals surface area (Å²) in [5.74, 6) is 2.36. The maximum atomic E-state index is 5.90. The summed E-state index contributed by atoms with van der Waals surface area (Å²) in [7, 11) is 1.71.